The van der Waals surface area contributed by atoms with Crippen molar-refractivity contribution in [2.75, 3.05) is 6.54 Å². The molecule has 1 aromatic heterocycles. The molecule has 0 aromatic carbocycles. The Labute approximate surface area is 92.3 Å². The molecule has 4 nitrogen and oxygen atoms in total. The monoisotopic (exact) mass is 226 g/mol. The van der Waals surface area contributed by atoms with Crippen molar-refractivity contribution in [1.29, 1.82) is 0 Å². The van der Waals surface area contributed by atoms with Crippen LogP contribution in [0, 0.1) is 0 Å². The molecule has 1 aliphatic heterocycles. The van der Waals surface area contributed by atoms with Crippen LogP contribution in [0.1, 0.15) is 35.2 Å². The molecule has 0 spiro atoms. The third-order valence-electron chi connectivity index (χ3n) is 2.52. The summed E-state index contributed by atoms with van der Waals surface area (Å²) in [7, 11) is 0. The molecule has 1 aromatic rings. The fourth-order valence-electron chi connectivity index (χ4n) is 1.72. The summed E-state index contributed by atoms with van der Waals surface area (Å²) in [4.78, 5) is 15.8. The normalized spacial score (nSPS) is 20.7. The molecule has 1 aliphatic rings. The van der Waals surface area contributed by atoms with E-state index in [9.17, 15) is 4.79 Å². The van der Waals surface area contributed by atoms with Crippen molar-refractivity contribution in [2.45, 2.75) is 31.7 Å². The summed E-state index contributed by atoms with van der Waals surface area (Å²) in [5, 5.41) is 13.1. The topological polar surface area (TPSA) is 62.2 Å². The lowest BCUT2D eigenvalue weighted by Gasteiger charge is -2.03. The first-order chi connectivity index (χ1) is 7.25. The number of aryl methyl sites for hydroxylation is 1. The van der Waals surface area contributed by atoms with E-state index in [-0.39, 0.29) is 6.42 Å². The summed E-state index contributed by atoms with van der Waals surface area (Å²) in [5.41, 5.74) is 0. The molecular weight excluding hydrogens is 212 g/mol. The van der Waals surface area contributed by atoms with Crippen LogP contribution in [0.2, 0.25) is 0 Å². The van der Waals surface area contributed by atoms with Gasteiger partial charge in [-0.2, -0.15) is 0 Å². The number of hydrogen-bond acceptors (Lipinski definition) is 4. The third-order valence-corrected chi connectivity index (χ3v) is 3.69. The van der Waals surface area contributed by atoms with Crippen molar-refractivity contribution in [3.63, 3.8) is 0 Å². The van der Waals surface area contributed by atoms with Gasteiger partial charge in [0.25, 0.3) is 0 Å². The molecule has 0 saturated carbocycles. The number of carbonyl (C=O) groups is 1. The van der Waals surface area contributed by atoms with Crippen LogP contribution in [-0.4, -0.2) is 22.6 Å². The second-order valence-corrected chi connectivity index (χ2v) is 4.85. The first kappa shape index (κ1) is 10.6. The van der Waals surface area contributed by atoms with Crippen molar-refractivity contribution in [2.24, 2.45) is 0 Å². The summed E-state index contributed by atoms with van der Waals surface area (Å²) in [6.07, 6.45) is 4.95. The highest BCUT2D eigenvalue weighted by molar-refractivity contribution is 7.11. The fraction of sp³-hybridized carbons (Fsp3) is 0.600. The highest BCUT2D eigenvalue weighted by Gasteiger charge is 2.19. The standard InChI is InChI=1S/C10H14N2O2S/c13-9(14)4-3-7-6-12-10(15-7)8-2-1-5-11-8/h6,8,11H,1-5H2,(H,13,14). The van der Waals surface area contributed by atoms with E-state index >= 15 is 0 Å². The van der Waals surface area contributed by atoms with Gasteiger partial charge in [0.2, 0.25) is 0 Å². The number of hydrogen-bond donors (Lipinski definition) is 2. The minimum atomic E-state index is -0.746. The maximum absolute atomic E-state index is 10.4. The van der Waals surface area contributed by atoms with Gasteiger partial charge in [-0.25, -0.2) is 4.98 Å². The van der Waals surface area contributed by atoms with Crippen molar-refractivity contribution < 1.29 is 9.90 Å². The molecule has 2 heterocycles. The van der Waals surface area contributed by atoms with Crippen molar-refractivity contribution >= 4 is 17.3 Å². The van der Waals surface area contributed by atoms with Crippen LogP contribution in [0.15, 0.2) is 6.20 Å². The Bertz CT molecular complexity index is 345. The van der Waals surface area contributed by atoms with Gasteiger partial charge in [-0.15, -0.1) is 11.3 Å². The highest BCUT2D eigenvalue weighted by atomic mass is 32.1. The lowest BCUT2D eigenvalue weighted by molar-refractivity contribution is -0.136. The van der Waals surface area contributed by atoms with Crippen LogP contribution in [0.3, 0.4) is 0 Å². The second kappa shape index (κ2) is 4.72. The number of aromatic nitrogens is 1. The number of nitrogens with one attached hydrogen (secondary N) is 1. The Morgan fingerprint density at radius 2 is 2.60 bits per heavy atom. The van der Waals surface area contributed by atoms with Gasteiger partial charge in [0.1, 0.15) is 5.01 Å². The quantitative estimate of drug-likeness (QED) is 0.818. The minimum absolute atomic E-state index is 0.194. The second-order valence-electron chi connectivity index (χ2n) is 3.71. The first-order valence-electron chi connectivity index (χ1n) is 5.15. The van der Waals surface area contributed by atoms with Gasteiger partial charge in [-0.05, 0) is 25.8 Å². The van der Waals surface area contributed by atoms with Crippen LogP contribution in [0.5, 0.6) is 0 Å². The number of carboxylic acid groups (broad SMARTS) is 1. The Kier molecular flexibility index (Phi) is 3.33. The lowest BCUT2D eigenvalue weighted by atomic mass is 10.2. The lowest BCUT2D eigenvalue weighted by Crippen LogP contribution is -2.12. The summed E-state index contributed by atoms with van der Waals surface area (Å²) < 4.78 is 0. The van der Waals surface area contributed by atoms with Crippen molar-refractivity contribution in [3.05, 3.63) is 16.1 Å². The molecule has 1 saturated heterocycles. The van der Waals surface area contributed by atoms with Crippen LogP contribution in [0.25, 0.3) is 0 Å². The summed E-state index contributed by atoms with van der Waals surface area (Å²) in [5.74, 6) is -0.746. The molecule has 0 bridgehead atoms. The largest absolute Gasteiger partial charge is 0.481 e. The molecule has 0 radical (unpaired) electrons. The van der Waals surface area contributed by atoms with E-state index in [0.717, 1.165) is 22.9 Å². The number of nitrogens with zero attached hydrogens (tertiary/aromatic N) is 1. The predicted molar refractivity (Wildman–Crippen MR) is 58.0 cm³/mol. The number of thiazole rings is 1. The fourth-order valence-corrected chi connectivity index (χ4v) is 2.75. The molecule has 2 N–H and O–H groups in total. The Balaban J connectivity index is 1.94. The zero-order valence-corrected chi connectivity index (χ0v) is 9.22. The average Bonchev–Trinajstić information content (AvgIpc) is 2.85. The van der Waals surface area contributed by atoms with E-state index < -0.39 is 5.97 Å². The van der Waals surface area contributed by atoms with Gasteiger partial charge in [-0.3, -0.25) is 4.79 Å². The van der Waals surface area contributed by atoms with E-state index in [0.29, 0.717) is 12.5 Å². The SMILES string of the molecule is O=C(O)CCc1cnc(C2CCCN2)s1. The molecule has 1 fully saturated rings. The minimum Gasteiger partial charge on any atom is -0.481 e. The van der Waals surface area contributed by atoms with Crippen molar-refractivity contribution in [1.82, 2.24) is 10.3 Å². The smallest absolute Gasteiger partial charge is 0.303 e. The number of aliphatic carboxylic acids is 1. The molecule has 0 amide bonds. The highest BCUT2D eigenvalue weighted by Crippen LogP contribution is 2.27. The van der Waals surface area contributed by atoms with Crippen LogP contribution < -0.4 is 5.32 Å². The summed E-state index contributed by atoms with van der Waals surface area (Å²) >= 11 is 1.64. The predicted octanol–water partition coefficient (Wildman–Crippen LogP) is 1.58. The van der Waals surface area contributed by atoms with Crippen LogP contribution in [-0.2, 0) is 11.2 Å². The van der Waals surface area contributed by atoms with E-state index in [1.807, 2.05) is 6.20 Å². The molecular formula is C10H14N2O2S. The van der Waals surface area contributed by atoms with E-state index in [2.05, 4.69) is 10.3 Å². The van der Waals surface area contributed by atoms with Gasteiger partial charge in [0.05, 0.1) is 12.5 Å². The molecule has 5 heteroatoms. The van der Waals surface area contributed by atoms with Gasteiger partial charge >= 0.3 is 5.97 Å². The summed E-state index contributed by atoms with van der Waals surface area (Å²) in [6.45, 7) is 1.06. The van der Waals surface area contributed by atoms with Gasteiger partial charge in [-0.1, -0.05) is 0 Å². The molecule has 0 aliphatic carbocycles. The van der Waals surface area contributed by atoms with Crippen LogP contribution in [0.4, 0.5) is 0 Å². The summed E-state index contributed by atoms with van der Waals surface area (Å²) in [6, 6.07) is 0.397. The Hall–Kier alpha value is -0.940. The van der Waals surface area contributed by atoms with Crippen molar-refractivity contribution in [3.8, 4) is 0 Å². The maximum atomic E-state index is 10.4. The Morgan fingerprint density at radius 1 is 1.73 bits per heavy atom. The van der Waals surface area contributed by atoms with Gasteiger partial charge in [0, 0.05) is 11.1 Å². The van der Waals surface area contributed by atoms with Crippen LogP contribution >= 0.6 is 11.3 Å². The zero-order valence-electron chi connectivity index (χ0n) is 8.40. The molecule has 2 rings (SSSR count). The molecule has 82 valence electrons. The number of rotatable bonds is 4. The van der Waals surface area contributed by atoms with Gasteiger partial charge in [0.15, 0.2) is 0 Å². The zero-order chi connectivity index (χ0) is 10.7. The maximum Gasteiger partial charge on any atom is 0.303 e. The van der Waals surface area contributed by atoms with E-state index in [4.69, 9.17) is 5.11 Å². The Morgan fingerprint density at radius 3 is 3.27 bits per heavy atom. The third kappa shape index (κ3) is 2.76. The van der Waals surface area contributed by atoms with Gasteiger partial charge < -0.3 is 10.4 Å². The van der Waals surface area contributed by atoms with E-state index in [1.54, 1.807) is 11.3 Å². The first-order valence-corrected chi connectivity index (χ1v) is 5.97. The average molecular weight is 226 g/mol. The van der Waals surface area contributed by atoms with E-state index in [1.165, 1.54) is 6.42 Å². The molecule has 1 unspecified atom stereocenters. The number of carboxylic acids is 1. The molecule has 15 heavy (non-hydrogen) atoms. The molecule has 1 atom stereocenters.